The van der Waals surface area contributed by atoms with Gasteiger partial charge in [0.2, 0.25) is 0 Å². The Kier molecular flexibility index (Phi) is 5.22. The van der Waals surface area contributed by atoms with Crippen molar-refractivity contribution in [2.45, 2.75) is 26.4 Å². The molecule has 1 aromatic heterocycles. The van der Waals surface area contributed by atoms with Gasteiger partial charge in [0.05, 0.1) is 23.7 Å². The summed E-state index contributed by atoms with van der Waals surface area (Å²) in [6.45, 7) is 5.68. The van der Waals surface area contributed by atoms with Crippen LogP contribution in [-0.2, 0) is 0 Å². The van der Waals surface area contributed by atoms with Crippen LogP contribution in [0.3, 0.4) is 0 Å². The Labute approximate surface area is 96.6 Å². The summed E-state index contributed by atoms with van der Waals surface area (Å²) in [7, 11) is 0. The molecule has 1 aromatic rings. The Morgan fingerprint density at radius 1 is 1.44 bits per heavy atom. The molecule has 0 saturated heterocycles. The Bertz CT molecular complexity index is 298. The molecule has 0 aliphatic heterocycles. The van der Waals surface area contributed by atoms with Crippen LogP contribution in [0.5, 0.6) is 0 Å². The van der Waals surface area contributed by atoms with Gasteiger partial charge in [-0.3, -0.25) is 4.98 Å². The van der Waals surface area contributed by atoms with Crippen molar-refractivity contribution in [2.75, 3.05) is 24.6 Å². The molecule has 4 heteroatoms. The number of aliphatic hydroxyl groups is 2. The smallest absolute Gasteiger partial charge is 0.0931 e. The molecule has 16 heavy (non-hydrogen) atoms. The summed E-state index contributed by atoms with van der Waals surface area (Å²) in [4.78, 5) is 6.35. The molecule has 0 saturated carbocycles. The average molecular weight is 224 g/mol. The third-order valence-electron chi connectivity index (χ3n) is 2.53. The number of pyridine rings is 1. The van der Waals surface area contributed by atoms with E-state index in [1.165, 1.54) is 0 Å². The van der Waals surface area contributed by atoms with Gasteiger partial charge in [0.15, 0.2) is 0 Å². The van der Waals surface area contributed by atoms with Gasteiger partial charge in [-0.1, -0.05) is 0 Å². The third-order valence-corrected chi connectivity index (χ3v) is 2.53. The lowest BCUT2D eigenvalue weighted by Gasteiger charge is -2.22. The summed E-state index contributed by atoms with van der Waals surface area (Å²) in [6.07, 6.45) is 2.00. The van der Waals surface area contributed by atoms with E-state index in [1.807, 2.05) is 12.1 Å². The van der Waals surface area contributed by atoms with Crippen LogP contribution in [-0.4, -0.2) is 34.9 Å². The van der Waals surface area contributed by atoms with E-state index in [2.05, 4.69) is 16.8 Å². The monoisotopic (exact) mass is 224 g/mol. The first-order valence-electron chi connectivity index (χ1n) is 5.68. The first-order chi connectivity index (χ1) is 7.69. The summed E-state index contributed by atoms with van der Waals surface area (Å²) in [5.74, 6) is 0. The molecular formula is C12H20N2O2. The van der Waals surface area contributed by atoms with E-state index in [1.54, 1.807) is 13.1 Å². The van der Waals surface area contributed by atoms with E-state index in [9.17, 15) is 5.11 Å². The van der Waals surface area contributed by atoms with Crippen LogP contribution in [0.4, 0.5) is 5.69 Å². The number of rotatable bonds is 6. The molecule has 0 amide bonds. The van der Waals surface area contributed by atoms with Gasteiger partial charge in [-0.2, -0.15) is 0 Å². The molecule has 1 rings (SSSR count). The Morgan fingerprint density at radius 3 is 2.62 bits per heavy atom. The van der Waals surface area contributed by atoms with Crippen molar-refractivity contribution in [3.63, 3.8) is 0 Å². The van der Waals surface area contributed by atoms with Crippen LogP contribution >= 0.6 is 0 Å². The predicted octanol–water partition coefficient (Wildman–Crippen LogP) is 1.34. The summed E-state index contributed by atoms with van der Waals surface area (Å²) >= 11 is 0. The van der Waals surface area contributed by atoms with Gasteiger partial charge in [0.25, 0.3) is 0 Å². The van der Waals surface area contributed by atoms with Gasteiger partial charge in [-0.25, -0.2) is 0 Å². The minimum absolute atomic E-state index is 0.204. The van der Waals surface area contributed by atoms with Crippen LogP contribution in [0.2, 0.25) is 0 Å². The molecule has 0 radical (unpaired) electrons. The van der Waals surface area contributed by atoms with Gasteiger partial charge in [-0.15, -0.1) is 0 Å². The highest BCUT2D eigenvalue weighted by molar-refractivity contribution is 5.44. The summed E-state index contributed by atoms with van der Waals surface area (Å²) in [5, 5.41) is 18.1. The Hall–Kier alpha value is -1.13. The van der Waals surface area contributed by atoms with E-state index in [0.717, 1.165) is 25.2 Å². The number of aromatic nitrogens is 1. The van der Waals surface area contributed by atoms with E-state index in [0.29, 0.717) is 5.69 Å². The molecule has 1 atom stereocenters. The molecule has 1 heterocycles. The maximum Gasteiger partial charge on any atom is 0.0931 e. The zero-order chi connectivity index (χ0) is 12.0. The fourth-order valence-electron chi connectivity index (χ4n) is 1.56. The Balaban J connectivity index is 2.70. The Morgan fingerprint density at radius 2 is 2.19 bits per heavy atom. The zero-order valence-corrected chi connectivity index (χ0v) is 9.93. The molecule has 2 N–H and O–H groups in total. The average Bonchev–Trinajstić information content (AvgIpc) is 2.30. The summed E-state index contributed by atoms with van der Waals surface area (Å²) < 4.78 is 0. The number of anilines is 1. The van der Waals surface area contributed by atoms with Crippen LogP contribution in [0.25, 0.3) is 0 Å². The highest BCUT2D eigenvalue weighted by Gasteiger charge is 2.06. The van der Waals surface area contributed by atoms with E-state index in [-0.39, 0.29) is 6.61 Å². The van der Waals surface area contributed by atoms with Crippen molar-refractivity contribution >= 4 is 5.69 Å². The summed E-state index contributed by atoms with van der Waals surface area (Å²) in [6, 6.07) is 3.79. The minimum atomic E-state index is -0.526. The topological polar surface area (TPSA) is 56.6 Å². The van der Waals surface area contributed by atoms with Crippen molar-refractivity contribution in [1.29, 1.82) is 0 Å². The van der Waals surface area contributed by atoms with Crippen molar-refractivity contribution in [2.24, 2.45) is 0 Å². The molecule has 0 fully saturated rings. The number of hydrogen-bond acceptors (Lipinski definition) is 4. The van der Waals surface area contributed by atoms with Crippen LogP contribution in [0, 0.1) is 0 Å². The molecule has 90 valence electrons. The third kappa shape index (κ3) is 3.47. The number of aliphatic hydroxyl groups excluding tert-OH is 2. The quantitative estimate of drug-likeness (QED) is 0.765. The molecule has 0 bridgehead atoms. The van der Waals surface area contributed by atoms with Crippen LogP contribution in [0.1, 0.15) is 32.1 Å². The van der Waals surface area contributed by atoms with Crippen molar-refractivity contribution in [3.8, 4) is 0 Å². The van der Waals surface area contributed by atoms with Crippen molar-refractivity contribution < 1.29 is 10.2 Å². The zero-order valence-electron chi connectivity index (χ0n) is 9.93. The highest BCUT2D eigenvalue weighted by Crippen LogP contribution is 2.16. The SMILES string of the molecule is CCN(CCCO)c1ccc(C(C)O)nc1. The first-order valence-corrected chi connectivity index (χ1v) is 5.68. The van der Waals surface area contributed by atoms with E-state index in [4.69, 9.17) is 5.11 Å². The number of hydrogen-bond donors (Lipinski definition) is 2. The second-order valence-electron chi connectivity index (χ2n) is 3.77. The number of nitrogens with zero attached hydrogens (tertiary/aromatic N) is 2. The van der Waals surface area contributed by atoms with Crippen molar-refractivity contribution in [3.05, 3.63) is 24.0 Å². The minimum Gasteiger partial charge on any atom is -0.396 e. The molecule has 4 nitrogen and oxygen atoms in total. The molecule has 0 aliphatic rings. The lowest BCUT2D eigenvalue weighted by molar-refractivity contribution is 0.194. The predicted molar refractivity (Wildman–Crippen MR) is 64.5 cm³/mol. The van der Waals surface area contributed by atoms with Gasteiger partial charge >= 0.3 is 0 Å². The second kappa shape index (κ2) is 6.45. The van der Waals surface area contributed by atoms with E-state index >= 15 is 0 Å². The summed E-state index contributed by atoms with van der Waals surface area (Å²) in [5.41, 5.74) is 1.71. The normalized spacial score (nSPS) is 12.5. The standard InChI is InChI=1S/C12H20N2O2/c1-3-14(7-4-8-15)11-5-6-12(10(2)16)13-9-11/h5-6,9-10,15-16H,3-4,7-8H2,1-2H3. The molecular weight excluding hydrogens is 204 g/mol. The largest absolute Gasteiger partial charge is 0.396 e. The van der Waals surface area contributed by atoms with Gasteiger partial charge in [0, 0.05) is 19.7 Å². The lowest BCUT2D eigenvalue weighted by atomic mass is 10.2. The van der Waals surface area contributed by atoms with Crippen molar-refractivity contribution in [1.82, 2.24) is 4.98 Å². The van der Waals surface area contributed by atoms with Crippen LogP contribution < -0.4 is 4.90 Å². The molecule has 1 unspecified atom stereocenters. The van der Waals surface area contributed by atoms with Gasteiger partial charge in [-0.05, 0) is 32.4 Å². The van der Waals surface area contributed by atoms with Gasteiger partial charge < -0.3 is 15.1 Å². The highest BCUT2D eigenvalue weighted by atomic mass is 16.3. The van der Waals surface area contributed by atoms with Gasteiger partial charge in [0.1, 0.15) is 0 Å². The second-order valence-corrected chi connectivity index (χ2v) is 3.77. The first kappa shape index (κ1) is 12.9. The molecule has 0 spiro atoms. The fraction of sp³-hybridized carbons (Fsp3) is 0.583. The molecule has 0 aromatic carbocycles. The fourth-order valence-corrected chi connectivity index (χ4v) is 1.56. The molecule has 0 aliphatic carbocycles. The maximum atomic E-state index is 9.34. The van der Waals surface area contributed by atoms with E-state index < -0.39 is 6.10 Å². The maximum absolute atomic E-state index is 9.34. The van der Waals surface area contributed by atoms with Crippen LogP contribution in [0.15, 0.2) is 18.3 Å². The lowest BCUT2D eigenvalue weighted by Crippen LogP contribution is -2.24.